The first kappa shape index (κ1) is 22.6. The van der Waals surface area contributed by atoms with E-state index in [1.807, 2.05) is 6.07 Å². The largest absolute Gasteiger partial charge is 0.497 e. The average molecular weight is 471 g/mol. The lowest BCUT2D eigenvalue weighted by Gasteiger charge is -2.31. The second kappa shape index (κ2) is 9.50. The lowest BCUT2D eigenvalue weighted by Crippen LogP contribution is -2.35. The summed E-state index contributed by atoms with van der Waals surface area (Å²) < 4.78 is 51.5. The van der Waals surface area contributed by atoms with Crippen LogP contribution in [0.4, 0.5) is 15.8 Å². The van der Waals surface area contributed by atoms with Crippen molar-refractivity contribution in [3.05, 3.63) is 78.1 Å². The van der Waals surface area contributed by atoms with Crippen molar-refractivity contribution in [1.82, 2.24) is 0 Å². The zero-order chi connectivity index (χ0) is 23.4. The SMILES string of the molecule is COc1ccc(OCC(=O)Nc2ccc3c(c2)N(S(=O)(=O)c2ccc(F)cc2)CCC3)cc1. The van der Waals surface area contributed by atoms with Crippen LogP contribution in [0, 0.1) is 5.82 Å². The number of amides is 1. The number of methoxy groups -OCH3 is 1. The summed E-state index contributed by atoms with van der Waals surface area (Å²) in [6.45, 7) is 0.0890. The number of aryl methyl sites for hydroxylation is 1. The van der Waals surface area contributed by atoms with E-state index in [-0.39, 0.29) is 17.4 Å². The number of rotatable bonds is 7. The molecule has 1 N–H and O–H groups in total. The Labute approximate surface area is 191 Å². The van der Waals surface area contributed by atoms with Crippen molar-refractivity contribution in [3.8, 4) is 11.5 Å². The standard InChI is InChI=1S/C24H23FN2O5S/c1-31-20-8-10-21(11-9-20)32-16-24(28)26-19-7-4-17-3-2-14-27(23(17)15-19)33(29,30)22-12-5-18(25)6-13-22/h4-13,15H,2-3,14,16H2,1H3,(H,26,28). The molecule has 0 spiro atoms. The first-order valence-electron chi connectivity index (χ1n) is 10.3. The highest BCUT2D eigenvalue weighted by Gasteiger charge is 2.29. The molecule has 0 unspecified atom stereocenters. The molecular formula is C24H23FN2O5S. The van der Waals surface area contributed by atoms with Gasteiger partial charge < -0.3 is 14.8 Å². The van der Waals surface area contributed by atoms with Crippen molar-refractivity contribution in [1.29, 1.82) is 0 Å². The number of anilines is 2. The fourth-order valence-corrected chi connectivity index (χ4v) is 5.15. The molecule has 1 aliphatic heterocycles. The molecule has 0 saturated carbocycles. The molecule has 9 heteroatoms. The Balaban J connectivity index is 1.49. The summed E-state index contributed by atoms with van der Waals surface area (Å²) in [6.07, 6.45) is 1.38. The predicted octanol–water partition coefficient (Wildman–Crippen LogP) is 3.99. The molecule has 0 atom stereocenters. The monoisotopic (exact) mass is 470 g/mol. The van der Waals surface area contributed by atoms with Crippen LogP contribution in [0.15, 0.2) is 71.6 Å². The van der Waals surface area contributed by atoms with Crippen LogP contribution in [0.2, 0.25) is 0 Å². The molecule has 0 bridgehead atoms. The first-order chi connectivity index (χ1) is 15.9. The average Bonchev–Trinajstić information content (AvgIpc) is 2.83. The summed E-state index contributed by atoms with van der Waals surface area (Å²) in [7, 11) is -2.31. The normalized spacial score (nSPS) is 13.2. The van der Waals surface area contributed by atoms with Crippen LogP contribution in [0.1, 0.15) is 12.0 Å². The van der Waals surface area contributed by atoms with Crippen molar-refractivity contribution in [2.45, 2.75) is 17.7 Å². The molecular weight excluding hydrogens is 447 g/mol. The fraction of sp³-hybridized carbons (Fsp3) is 0.208. The molecule has 1 aliphatic rings. The molecule has 0 aromatic heterocycles. The van der Waals surface area contributed by atoms with Crippen molar-refractivity contribution in [2.75, 3.05) is 29.9 Å². The van der Waals surface area contributed by atoms with Crippen molar-refractivity contribution in [3.63, 3.8) is 0 Å². The first-order valence-corrected chi connectivity index (χ1v) is 11.8. The summed E-state index contributed by atoms with van der Waals surface area (Å²) in [5, 5.41) is 2.74. The van der Waals surface area contributed by atoms with Gasteiger partial charge in [-0.2, -0.15) is 0 Å². The van der Waals surface area contributed by atoms with Gasteiger partial charge in [-0.15, -0.1) is 0 Å². The van der Waals surface area contributed by atoms with Crippen LogP contribution in [0.3, 0.4) is 0 Å². The van der Waals surface area contributed by atoms with Crippen LogP contribution in [0.25, 0.3) is 0 Å². The Kier molecular flexibility index (Phi) is 6.50. The minimum atomic E-state index is -3.87. The minimum Gasteiger partial charge on any atom is -0.497 e. The number of sulfonamides is 1. The quantitative estimate of drug-likeness (QED) is 0.564. The second-order valence-electron chi connectivity index (χ2n) is 7.49. The molecule has 3 aromatic carbocycles. The Hall–Kier alpha value is -3.59. The van der Waals surface area contributed by atoms with E-state index in [1.165, 1.54) is 16.4 Å². The van der Waals surface area contributed by atoms with E-state index in [0.29, 0.717) is 35.8 Å². The van der Waals surface area contributed by atoms with Gasteiger partial charge in [0.2, 0.25) is 0 Å². The van der Waals surface area contributed by atoms with Crippen LogP contribution < -0.4 is 19.1 Å². The zero-order valence-electron chi connectivity index (χ0n) is 18.0. The lowest BCUT2D eigenvalue weighted by atomic mass is 10.0. The molecule has 0 fully saturated rings. The third kappa shape index (κ3) is 5.09. The number of nitrogens with zero attached hydrogens (tertiary/aromatic N) is 1. The topological polar surface area (TPSA) is 84.9 Å². The zero-order valence-corrected chi connectivity index (χ0v) is 18.8. The third-order valence-corrected chi connectivity index (χ3v) is 7.10. The number of carbonyl (C=O) groups is 1. The highest BCUT2D eigenvalue weighted by Crippen LogP contribution is 2.34. The summed E-state index contributed by atoms with van der Waals surface area (Å²) >= 11 is 0. The maximum atomic E-state index is 13.3. The number of halogens is 1. The van der Waals surface area contributed by atoms with Gasteiger partial charge in [0, 0.05) is 12.2 Å². The third-order valence-electron chi connectivity index (χ3n) is 5.28. The molecule has 1 amide bonds. The van der Waals surface area contributed by atoms with E-state index in [1.54, 1.807) is 43.5 Å². The molecule has 1 heterocycles. The molecule has 7 nitrogen and oxygen atoms in total. The summed E-state index contributed by atoms with van der Waals surface area (Å²) in [5.41, 5.74) is 1.82. The van der Waals surface area contributed by atoms with E-state index < -0.39 is 15.8 Å². The number of fused-ring (bicyclic) bond motifs is 1. The number of ether oxygens (including phenoxy) is 2. The molecule has 172 valence electrons. The Morgan fingerprint density at radius 3 is 2.42 bits per heavy atom. The van der Waals surface area contributed by atoms with Crippen molar-refractivity contribution >= 4 is 27.3 Å². The number of nitrogens with one attached hydrogen (secondary N) is 1. The van der Waals surface area contributed by atoms with Gasteiger partial charge in [-0.3, -0.25) is 9.10 Å². The maximum absolute atomic E-state index is 13.3. The summed E-state index contributed by atoms with van der Waals surface area (Å²) in [5.74, 6) is 0.318. The fourth-order valence-electron chi connectivity index (χ4n) is 3.62. The van der Waals surface area contributed by atoms with Gasteiger partial charge in [0.25, 0.3) is 15.9 Å². The van der Waals surface area contributed by atoms with E-state index in [0.717, 1.165) is 24.1 Å². The van der Waals surface area contributed by atoms with Crippen molar-refractivity contribution < 1.29 is 27.1 Å². The van der Waals surface area contributed by atoms with Crippen LogP contribution >= 0.6 is 0 Å². The molecule has 3 aromatic rings. The maximum Gasteiger partial charge on any atom is 0.264 e. The van der Waals surface area contributed by atoms with Crippen LogP contribution in [-0.4, -0.2) is 34.6 Å². The number of carbonyl (C=O) groups excluding carboxylic acids is 1. The molecule has 0 aliphatic carbocycles. The van der Waals surface area contributed by atoms with Crippen LogP contribution in [0.5, 0.6) is 11.5 Å². The number of hydrogen-bond acceptors (Lipinski definition) is 5. The van der Waals surface area contributed by atoms with Gasteiger partial charge >= 0.3 is 0 Å². The summed E-state index contributed by atoms with van der Waals surface area (Å²) in [4.78, 5) is 12.4. The Morgan fingerprint density at radius 1 is 1.03 bits per heavy atom. The van der Waals surface area contributed by atoms with Gasteiger partial charge in [0.05, 0.1) is 17.7 Å². The van der Waals surface area contributed by atoms with Crippen LogP contribution in [-0.2, 0) is 21.2 Å². The highest BCUT2D eigenvalue weighted by atomic mass is 32.2. The molecule has 4 rings (SSSR count). The second-order valence-corrected chi connectivity index (χ2v) is 9.35. The van der Waals surface area contributed by atoms with Crippen molar-refractivity contribution in [2.24, 2.45) is 0 Å². The van der Waals surface area contributed by atoms with Gasteiger partial charge in [-0.05, 0) is 79.1 Å². The molecule has 0 saturated heterocycles. The van der Waals surface area contributed by atoms with Gasteiger partial charge in [0.15, 0.2) is 6.61 Å². The predicted molar refractivity (Wildman–Crippen MR) is 123 cm³/mol. The van der Waals surface area contributed by atoms with E-state index in [2.05, 4.69) is 5.32 Å². The Morgan fingerprint density at radius 2 is 1.73 bits per heavy atom. The lowest BCUT2D eigenvalue weighted by molar-refractivity contribution is -0.118. The van der Waals surface area contributed by atoms with Gasteiger partial charge in [-0.25, -0.2) is 12.8 Å². The minimum absolute atomic E-state index is 0.0130. The van der Waals surface area contributed by atoms with Gasteiger partial charge in [-0.1, -0.05) is 6.07 Å². The number of hydrogen-bond donors (Lipinski definition) is 1. The van der Waals surface area contributed by atoms with E-state index in [9.17, 15) is 17.6 Å². The van der Waals surface area contributed by atoms with E-state index in [4.69, 9.17) is 9.47 Å². The van der Waals surface area contributed by atoms with Gasteiger partial charge in [0.1, 0.15) is 17.3 Å². The highest BCUT2D eigenvalue weighted by molar-refractivity contribution is 7.92. The molecule has 0 radical (unpaired) electrons. The number of benzene rings is 3. The Bertz CT molecular complexity index is 1240. The smallest absolute Gasteiger partial charge is 0.264 e. The molecule has 33 heavy (non-hydrogen) atoms. The van der Waals surface area contributed by atoms with E-state index >= 15 is 0 Å². The summed E-state index contributed by atoms with van der Waals surface area (Å²) in [6, 6.07) is 16.8.